The van der Waals surface area contributed by atoms with E-state index in [1.54, 1.807) is 0 Å². The molecule has 5 heteroatoms. The minimum atomic E-state index is -0.236. The molecular formula is C22H29N3O2. The third-order valence-electron chi connectivity index (χ3n) is 6.31. The van der Waals surface area contributed by atoms with Crippen LogP contribution in [0.25, 0.3) is 0 Å². The van der Waals surface area contributed by atoms with Gasteiger partial charge in [0, 0.05) is 23.7 Å². The Hall–Kier alpha value is -2.14. The highest BCUT2D eigenvalue weighted by molar-refractivity contribution is 6.02. The molecule has 1 aromatic heterocycles. The molecule has 1 amide bonds. The summed E-state index contributed by atoms with van der Waals surface area (Å²) in [7, 11) is 0. The number of benzene rings is 1. The van der Waals surface area contributed by atoms with Gasteiger partial charge < -0.3 is 14.7 Å². The lowest BCUT2D eigenvalue weighted by Crippen LogP contribution is -2.39. The van der Waals surface area contributed by atoms with Crippen LogP contribution in [0.4, 0.5) is 5.69 Å². The number of aryl methyl sites for hydroxylation is 2. The second-order valence-electron chi connectivity index (χ2n) is 8.12. The summed E-state index contributed by atoms with van der Waals surface area (Å²) in [5.74, 6) is 0.455. The maximum absolute atomic E-state index is 12.5. The highest BCUT2D eigenvalue weighted by Crippen LogP contribution is 2.32. The molecule has 144 valence electrons. The third kappa shape index (κ3) is 4.08. The lowest BCUT2D eigenvalue weighted by Gasteiger charge is -2.35. The zero-order chi connectivity index (χ0) is 18.8. The lowest BCUT2D eigenvalue weighted by molar-refractivity contribution is 0.0987. The first-order valence-corrected chi connectivity index (χ1v) is 10.2. The molecule has 0 unspecified atom stereocenters. The minimum absolute atomic E-state index is 0.236. The quantitative estimate of drug-likeness (QED) is 0.853. The second kappa shape index (κ2) is 7.85. The number of aromatic nitrogens is 1. The molecule has 5 nitrogen and oxygen atoms in total. The first-order valence-electron chi connectivity index (χ1n) is 10.2. The molecule has 1 aromatic carbocycles. The van der Waals surface area contributed by atoms with E-state index in [1.165, 1.54) is 31.2 Å². The molecule has 2 fully saturated rings. The van der Waals surface area contributed by atoms with Crippen molar-refractivity contribution in [3.63, 3.8) is 0 Å². The number of anilines is 1. The molecule has 1 saturated carbocycles. The van der Waals surface area contributed by atoms with E-state index >= 15 is 0 Å². The normalized spacial score (nSPS) is 19.5. The first-order chi connectivity index (χ1) is 13.1. The number of hydrogen-bond donors (Lipinski definition) is 1. The second-order valence-corrected chi connectivity index (χ2v) is 8.12. The Morgan fingerprint density at radius 1 is 1.07 bits per heavy atom. The van der Waals surface area contributed by atoms with Crippen molar-refractivity contribution >= 4 is 11.6 Å². The SMILES string of the molecule is Cc1ccc(NC(=O)c2cc(C3CCN(C4CCCC4)CC3)no2)cc1C. The van der Waals surface area contributed by atoms with Gasteiger partial charge in [0.15, 0.2) is 0 Å². The van der Waals surface area contributed by atoms with Crippen LogP contribution in [0.5, 0.6) is 0 Å². The highest BCUT2D eigenvalue weighted by atomic mass is 16.5. The molecule has 4 rings (SSSR count). The highest BCUT2D eigenvalue weighted by Gasteiger charge is 2.29. The Balaban J connectivity index is 1.35. The molecule has 1 aliphatic heterocycles. The van der Waals surface area contributed by atoms with Gasteiger partial charge in [0.05, 0.1) is 5.69 Å². The largest absolute Gasteiger partial charge is 0.351 e. The number of nitrogens with one attached hydrogen (secondary N) is 1. The summed E-state index contributed by atoms with van der Waals surface area (Å²) in [5, 5.41) is 7.11. The van der Waals surface area contributed by atoms with Gasteiger partial charge in [0.2, 0.25) is 5.76 Å². The molecular weight excluding hydrogens is 338 g/mol. The van der Waals surface area contributed by atoms with Crippen LogP contribution >= 0.6 is 0 Å². The predicted molar refractivity (Wildman–Crippen MR) is 106 cm³/mol. The maximum atomic E-state index is 12.5. The Morgan fingerprint density at radius 3 is 2.52 bits per heavy atom. The van der Waals surface area contributed by atoms with Gasteiger partial charge in [0.25, 0.3) is 5.91 Å². The average Bonchev–Trinajstić information content (AvgIpc) is 3.37. The van der Waals surface area contributed by atoms with Crippen LogP contribution in [0, 0.1) is 13.8 Å². The number of rotatable bonds is 4. The van der Waals surface area contributed by atoms with Gasteiger partial charge in [-0.25, -0.2) is 0 Å². The van der Waals surface area contributed by atoms with Crippen molar-refractivity contribution in [2.75, 3.05) is 18.4 Å². The van der Waals surface area contributed by atoms with E-state index in [0.29, 0.717) is 11.7 Å². The number of nitrogens with zero attached hydrogens (tertiary/aromatic N) is 2. The van der Waals surface area contributed by atoms with Crippen molar-refractivity contribution in [2.24, 2.45) is 0 Å². The summed E-state index contributed by atoms with van der Waals surface area (Å²) < 4.78 is 5.36. The minimum Gasteiger partial charge on any atom is -0.351 e. The predicted octanol–water partition coefficient (Wildman–Crippen LogP) is 4.67. The van der Waals surface area contributed by atoms with E-state index in [0.717, 1.165) is 48.9 Å². The molecule has 1 saturated heterocycles. The molecule has 0 spiro atoms. The Labute approximate surface area is 161 Å². The number of amides is 1. The first kappa shape index (κ1) is 18.2. The number of piperidine rings is 1. The summed E-state index contributed by atoms with van der Waals surface area (Å²) in [6, 6.07) is 8.52. The number of carbonyl (C=O) groups excluding carboxylic acids is 1. The molecule has 1 N–H and O–H groups in total. The number of likely N-dealkylation sites (tertiary alicyclic amines) is 1. The standard InChI is InChI=1S/C22H29N3O2/c1-15-7-8-18(13-16(15)2)23-22(26)21-14-20(24-27-21)17-9-11-25(12-10-17)19-5-3-4-6-19/h7-8,13-14,17,19H,3-6,9-12H2,1-2H3,(H,23,26). The Kier molecular flexibility index (Phi) is 5.30. The van der Waals surface area contributed by atoms with Gasteiger partial charge >= 0.3 is 0 Å². The van der Waals surface area contributed by atoms with E-state index in [1.807, 2.05) is 31.2 Å². The fourth-order valence-electron chi connectivity index (χ4n) is 4.43. The van der Waals surface area contributed by atoms with Gasteiger partial charge in [-0.3, -0.25) is 4.79 Å². The van der Waals surface area contributed by atoms with Crippen LogP contribution in [-0.2, 0) is 0 Å². The molecule has 0 atom stereocenters. The fraction of sp³-hybridized carbons (Fsp3) is 0.545. The zero-order valence-electron chi connectivity index (χ0n) is 16.3. The summed E-state index contributed by atoms with van der Waals surface area (Å²) in [6.07, 6.45) is 7.68. The van der Waals surface area contributed by atoms with Crippen LogP contribution in [0.1, 0.15) is 71.8 Å². The number of hydrogen-bond acceptors (Lipinski definition) is 4. The van der Waals surface area contributed by atoms with E-state index in [2.05, 4.69) is 22.3 Å². The van der Waals surface area contributed by atoms with E-state index < -0.39 is 0 Å². The van der Waals surface area contributed by atoms with Crippen molar-refractivity contribution < 1.29 is 9.32 Å². The van der Waals surface area contributed by atoms with Crippen molar-refractivity contribution in [3.8, 4) is 0 Å². The van der Waals surface area contributed by atoms with Crippen molar-refractivity contribution in [3.05, 3.63) is 46.8 Å². The van der Waals surface area contributed by atoms with Crippen molar-refractivity contribution in [2.45, 2.75) is 64.3 Å². The molecule has 1 aliphatic carbocycles. The van der Waals surface area contributed by atoms with Crippen LogP contribution < -0.4 is 5.32 Å². The van der Waals surface area contributed by atoms with Gasteiger partial charge in [-0.05, 0) is 75.9 Å². The lowest BCUT2D eigenvalue weighted by atomic mass is 9.92. The molecule has 2 aromatic rings. The van der Waals surface area contributed by atoms with Gasteiger partial charge in [-0.1, -0.05) is 24.1 Å². The zero-order valence-corrected chi connectivity index (χ0v) is 16.3. The van der Waals surface area contributed by atoms with Crippen molar-refractivity contribution in [1.82, 2.24) is 10.1 Å². The van der Waals surface area contributed by atoms with Gasteiger partial charge in [-0.2, -0.15) is 0 Å². The van der Waals surface area contributed by atoms with E-state index in [9.17, 15) is 4.79 Å². The molecule has 2 aliphatic rings. The summed E-state index contributed by atoms with van der Waals surface area (Å²) in [4.78, 5) is 15.1. The monoisotopic (exact) mass is 367 g/mol. The maximum Gasteiger partial charge on any atom is 0.294 e. The molecule has 0 radical (unpaired) electrons. The Morgan fingerprint density at radius 2 is 1.81 bits per heavy atom. The summed E-state index contributed by atoms with van der Waals surface area (Å²) >= 11 is 0. The topological polar surface area (TPSA) is 58.4 Å². The van der Waals surface area contributed by atoms with Crippen LogP contribution in [0.3, 0.4) is 0 Å². The van der Waals surface area contributed by atoms with Gasteiger partial charge in [0.1, 0.15) is 0 Å². The van der Waals surface area contributed by atoms with E-state index in [-0.39, 0.29) is 5.91 Å². The fourth-order valence-corrected chi connectivity index (χ4v) is 4.43. The van der Waals surface area contributed by atoms with Crippen LogP contribution in [-0.4, -0.2) is 35.1 Å². The van der Waals surface area contributed by atoms with Crippen LogP contribution in [0.15, 0.2) is 28.8 Å². The van der Waals surface area contributed by atoms with Crippen molar-refractivity contribution in [1.29, 1.82) is 0 Å². The van der Waals surface area contributed by atoms with Crippen LogP contribution in [0.2, 0.25) is 0 Å². The Bertz CT molecular complexity index is 800. The number of carbonyl (C=O) groups is 1. The molecule has 0 bridgehead atoms. The van der Waals surface area contributed by atoms with E-state index in [4.69, 9.17) is 4.52 Å². The molecule has 27 heavy (non-hydrogen) atoms. The third-order valence-corrected chi connectivity index (χ3v) is 6.31. The smallest absolute Gasteiger partial charge is 0.294 e. The summed E-state index contributed by atoms with van der Waals surface area (Å²) in [5.41, 5.74) is 4.07. The average molecular weight is 367 g/mol. The molecule has 2 heterocycles. The van der Waals surface area contributed by atoms with Gasteiger partial charge in [-0.15, -0.1) is 0 Å². The summed E-state index contributed by atoms with van der Waals surface area (Å²) in [6.45, 7) is 6.36.